The van der Waals surface area contributed by atoms with Crippen molar-refractivity contribution in [3.8, 4) is 5.75 Å². The molecule has 0 spiro atoms. The van der Waals surface area contributed by atoms with Crippen molar-refractivity contribution in [1.82, 2.24) is 72.4 Å². The Kier molecular flexibility index (Phi) is 36.4. The van der Waals surface area contributed by atoms with Gasteiger partial charge in [-0.15, -0.1) is 11.8 Å². The number of H-pyrrole nitrogens is 1. The molecule has 1 saturated heterocycles. The first-order valence-corrected chi connectivity index (χ1v) is 43.9. The number of hydrogen-bond donors (Lipinski definition) is 13. The number of aromatic hydroxyl groups is 1. The van der Waals surface area contributed by atoms with Gasteiger partial charge in [0.25, 0.3) is 0 Å². The van der Waals surface area contributed by atoms with E-state index < -0.39 is 264 Å². The predicted octanol–water partition coefficient (Wildman–Crippen LogP) is 3.20. The number of nitrogens with zero attached hydrogens (tertiary/aromatic N) is 5. The molecule has 0 saturated carbocycles. The number of phenols is 1. The highest BCUT2D eigenvalue weighted by molar-refractivity contribution is 8.00. The number of aromatic nitrogens is 1. The highest BCUT2D eigenvalue weighted by Crippen LogP contribution is 2.33. The number of thioether (sulfide) groups is 1. The van der Waals surface area contributed by atoms with Gasteiger partial charge in [-0.25, -0.2) is 22.0 Å². The molecule has 40 heteroatoms. The second kappa shape index (κ2) is 47.1. The van der Waals surface area contributed by atoms with Crippen molar-refractivity contribution in [3.63, 3.8) is 0 Å². The Morgan fingerprint density at radius 2 is 1.05 bits per heavy atom. The van der Waals surface area contributed by atoms with E-state index in [1.807, 2.05) is 6.92 Å². The summed E-state index contributed by atoms with van der Waals surface area (Å²) >= 11 is 0.691. The molecule has 2 bridgehead atoms. The van der Waals surface area contributed by atoms with Crippen LogP contribution in [0.25, 0.3) is 10.9 Å². The monoisotopic (exact) mass is 1850 g/mol. The highest BCUT2D eigenvalue weighted by Gasteiger charge is 2.44. The van der Waals surface area contributed by atoms with Crippen LogP contribution in [0, 0.1) is 40.9 Å². The van der Waals surface area contributed by atoms with Gasteiger partial charge in [-0.3, -0.25) is 76.7 Å². The Balaban J connectivity index is 1.14. The molecular formula is C92H109F5N16O18S. The zero-order valence-electron chi connectivity index (χ0n) is 74.1. The van der Waals surface area contributed by atoms with Gasteiger partial charge < -0.3 is 93.3 Å². The van der Waals surface area contributed by atoms with Gasteiger partial charge in [0.05, 0.1) is 31.0 Å². The fourth-order valence-corrected chi connectivity index (χ4v) is 16.4. The Bertz CT molecular complexity index is 5380. The van der Waals surface area contributed by atoms with Crippen LogP contribution in [0.5, 0.6) is 5.75 Å². The predicted molar refractivity (Wildman–Crippen MR) is 475 cm³/mol. The lowest BCUT2D eigenvalue weighted by molar-refractivity contribution is -0.151. The van der Waals surface area contributed by atoms with Crippen molar-refractivity contribution < 1.29 is 109 Å². The maximum Gasteiger partial charge on any atom is 0.305 e. The van der Waals surface area contributed by atoms with Crippen molar-refractivity contribution in [3.05, 3.63) is 202 Å². The van der Waals surface area contributed by atoms with Crippen molar-refractivity contribution >= 4 is 123 Å². The Hall–Kier alpha value is -13.8. The number of carboxylic acid groups (broad SMARTS) is 1. The number of phenolic OH excluding ortho intramolecular Hbond substituents is 1. The number of aromatic amines is 1. The fourth-order valence-electron chi connectivity index (χ4n) is 15.5. The van der Waals surface area contributed by atoms with Crippen molar-refractivity contribution in [1.29, 1.82) is 0 Å². The number of primary amides is 1. The van der Waals surface area contributed by atoms with Crippen LogP contribution in [0.1, 0.15) is 100 Å². The van der Waals surface area contributed by atoms with E-state index in [1.165, 1.54) is 60.4 Å². The van der Waals surface area contributed by atoms with E-state index in [-0.39, 0.29) is 55.3 Å². The molecule has 6 aromatic carbocycles. The summed E-state index contributed by atoms with van der Waals surface area (Å²) in [7, 11) is 5.08. The van der Waals surface area contributed by atoms with Gasteiger partial charge in [0.2, 0.25) is 94.4 Å². The lowest BCUT2D eigenvalue weighted by Gasteiger charge is -2.37. The second-order valence-corrected chi connectivity index (χ2v) is 34.4. The summed E-state index contributed by atoms with van der Waals surface area (Å²) in [5.74, 6) is -33.2. The van der Waals surface area contributed by atoms with Crippen molar-refractivity contribution in [2.45, 2.75) is 172 Å². The largest absolute Gasteiger partial charge is 0.508 e. The molecule has 0 radical (unpaired) electrons. The number of carbonyl (C=O) groups is 16. The average Bonchev–Trinajstić information content (AvgIpc) is 0.964. The van der Waals surface area contributed by atoms with Gasteiger partial charge in [0.15, 0.2) is 23.3 Å². The zero-order valence-corrected chi connectivity index (χ0v) is 75.0. The van der Waals surface area contributed by atoms with Gasteiger partial charge in [-0.2, -0.15) is 0 Å². The Morgan fingerprint density at radius 3 is 1.64 bits per heavy atom. The van der Waals surface area contributed by atoms with Crippen LogP contribution in [-0.4, -0.2) is 255 Å². The summed E-state index contributed by atoms with van der Waals surface area (Å²) in [4.78, 5) is 243. The third-order valence-corrected chi connectivity index (χ3v) is 23.6. The summed E-state index contributed by atoms with van der Waals surface area (Å²) < 4.78 is 77.6. The van der Waals surface area contributed by atoms with E-state index in [0.717, 1.165) is 30.6 Å². The third kappa shape index (κ3) is 27.2. The van der Waals surface area contributed by atoms with Gasteiger partial charge in [0, 0.05) is 101 Å². The summed E-state index contributed by atoms with van der Waals surface area (Å²) in [6, 6.07) is 16.1. The first-order chi connectivity index (χ1) is 62.6. The Morgan fingerprint density at radius 1 is 0.523 bits per heavy atom. The lowest BCUT2D eigenvalue weighted by atomic mass is 9.95. The third-order valence-electron chi connectivity index (χ3n) is 22.6. The number of carboxylic acids is 1. The van der Waals surface area contributed by atoms with Gasteiger partial charge in [0.1, 0.15) is 78.8 Å². The Labute approximate surface area is 762 Å². The SMILES string of the molecule is CCCC[C@H]1C(=O)N(C)CC(=O)N[C@@H](CC(=O)O)C(=O)N[C@@H](C(C)C)C(=O)N(C)[C@@H](Cc2ccccc2)C(=O)N[C@H]2Cc3ccc(O)cc3N(CC(=O)N[C@@H](Cc3c[nH]c4ccccc34)C(=O)N[C@@H](Cc3c(F)c(F)c(F)c(F)c3F)C(=O)N[C@@H](CC(C)C)C(=O)N[C@H](C(=O)NCC(N)=O)CSCC(=O)N[C@@H](Cc3ccccc3)C(=O)N(C)[C@@H](Cc3ccccc3)C(=O)N1C)C2=O. The van der Waals surface area contributed by atoms with Crippen molar-refractivity contribution in [2.24, 2.45) is 17.6 Å². The summed E-state index contributed by atoms with van der Waals surface area (Å²) in [5, 5.41) is 43.8. The van der Waals surface area contributed by atoms with Crippen LogP contribution < -0.4 is 58.5 Å². The number of fused-ring (bicyclic) bond motifs is 5. The second-order valence-electron chi connectivity index (χ2n) is 33.3. The summed E-state index contributed by atoms with van der Waals surface area (Å²) in [6.45, 7) is 5.24. The number of nitrogens with two attached hydrogens (primary N) is 1. The van der Waals surface area contributed by atoms with Crippen LogP contribution in [0.3, 0.4) is 0 Å². The number of halogens is 5. The summed E-state index contributed by atoms with van der Waals surface area (Å²) in [5.41, 5.74) is 6.14. The number of likely N-dealkylation sites (N-methyl/N-ethyl adjacent to an activating group) is 4. The molecule has 132 heavy (non-hydrogen) atoms. The molecule has 0 aliphatic carbocycles. The molecule has 1 aromatic heterocycles. The number of anilines is 1. The van der Waals surface area contributed by atoms with E-state index in [0.29, 0.717) is 52.2 Å². The number of benzene rings is 6. The molecule has 2 aliphatic heterocycles. The molecule has 9 rings (SSSR count). The molecule has 3 heterocycles. The topological polar surface area (TPSA) is 480 Å². The van der Waals surface area contributed by atoms with Gasteiger partial charge in [-0.1, -0.05) is 163 Å². The van der Waals surface area contributed by atoms with E-state index in [4.69, 9.17) is 5.73 Å². The standard InChI is InChI=1S/C92H109F5N16O18S/c1-10-11-31-67-90(129)109(6)45-72(116)102-63(42-75(119)120)86(125)108-81(50(4)5)92(131)111(8)69(36-52-25-17-13-18-26-52)87(126)106-65-38-54-32-33-56(114)40-68(54)113(89(65)128)46-73(117)101-61(39-55-43-99-59-30-22-21-29-57(55)59)84(123)105-62(41-58-76(93)78(95)80(97)79(96)77(58)94)85(124)104-60(34-49(2)3)83(122)107-66(82(121)100-44-71(98)115)47-132-48-74(118)103-64(35-51-23-15-12-16-24-51)88(127)112(9)70(91(130)110(67)7)37-53-27-19-14-20-28-53/h12-30,32-33,40,43,49-50,60-67,69-70,81,99,114H,10-11,31,34-39,41-42,44-48H2,1-9H3,(H2,98,115)(H,100,121)(H,101,117)(H,102,116)(H,103,118)(H,104,124)(H,105,123)(H,106,126)(H,107,122)(H,108,125)(H,119,120)/t60-,61-,62-,63-,64-,65-,66-,67-,69-,70-,81-/m0/s1. The number of para-hydroxylation sites is 1. The minimum absolute atomic E-state index is 0.0119. The molecule has 1 fully saturated rings. The maximum atomic E-state index is 16.1. The average molecular weight is 1850 g/mol. The van der Waals surface area contributed by atoms with E-state index in [9.17, 15) is 53.0 Å². The van der Waals surface area contributed by atoms with Gasteiger partial charge in [-0.05, 0) is 64.6 Å². The summed E-state index contributed by atoms with van der Waals surface area (Å²) in [6.07, 6.45) is -2.39. The quantitative estimate of drug-likeness (QED) is 0.0279. The van der Waals surface area contributed by atoms with Crippen LogP contribution in [0.2, 0.25) is 0 Å². The first kappa shape index (κ1) is 102. The molecule has 34 nitrogen and oxygen atoms in total. The van der Waals surface area contributed by atoms with Crippen LogP contribution in [0.15, 0.2) is 140 Å². The number of carbonyl (C=O) groups excluding carboxylic acids is 15. The molecule has 7 aromatic rings. The van der Waals surface area contributed by atoms with Crippen LogP contribution >= 0.6 is 11.8 Å². The smallest absolute Gasteiger partial charge is 0.305 e. The number of unbranched alkanes of at least 4 members (excludes halogenated alkanes) is 1. The zero-order chi connectivity index (χ0) is 96.6. The number of amides is 15. The van der Waals surface area contributed by atoms with Crippen molar-refractivity contribution in [2.75, 3.05) is 64.2 Å². The molecule has 0 unspecified atom stereocenters. The van der Waals surface area contributed by atoms with E-state index >= 15 is 55.9 Å². The number of hydrogen-bond acceptors (Lipinski definition) is 18. The normalized spacial score (nSPS) is 22.0. The first-order valence-electron chi connectivity index (χ1n) is 42.8. The minimum atomic E-state index is -2.60. The number of nitrogens with one attached hydrogen (secondary N) is 10. The number of rotatable bonds is 21. The highest BCUT2D eigenvalue weighted by atomic mass is 32.2. The molecule has 15 amide bonds. The lowest BCUT2D eigenvalue weighted by Crippen LogP contribution is -2.62. The van der Waals surface area contributed by atoms with Gasteiger partial charge >= 0.3 is 5.97 Å². The maximum absolute atomic E-state index is 16.1. The fraction of sp³-hybridized carbons (Fsp3) is 0.413. The van der Waals surface area contributed by atoms with E-state index in [2.05, 4.69) is 52.8 Å². The van der Waals surface area contributed by atoms with E-state index in [1.54, 1.807) is 129 Å². The molecule has 11 atom stereocenters. The molecular weight excluding hydrogens is 1740 g/mol. The minimum Gasteiger partial charge on any atom is -0.508 e. The van der Waals surface area contributed by atoms with Crippen LogP contribution in [0.4, 0.5) is 27.6 Å². The molecule has 706 valence electrons. The molecule has 14 N–H and O–H groups in total. The van der Waals surface area contributed by atoms with Crippen LogP contribution in [-0.2, 0) is 115 Å². The molecule has 2 aliphatic rings. The number of aliphatic carboxylic acids is 1.